The predicted molar refractivity (Wildman–Crippen MR) is 77.3 cm³/mol. The molecule has 3 rings (SSSR count). The molecule has 2 aliphatic rings. The van der Waals surface area contributed by atoms with Gasteiger partial charge in [0.1, 0.15) is 0 Å². The van der Waals surface area contributed by atoms with E-state index in [1.807, 2.05) is 19.3 Å². The van der Waals surface area contributed by atoms with Crippen molar-refractivity contribution in [2.24, 2.45) is 11.8 Å². The fourth-order valence-electron chi connectivity index (χ4n) is 3.44. The summed E-state index contributed by atoms with van der Waals surface area (Å²) in [5, 5.41) is 3.46. The van der Waals surface area contributed by atoms with Crippen molar-refractivity contribution in [2.75, 3.05) is 31.1 Å². The third kappa shape index (κ3) is 3.06. The molecule has 1 N–H and O–H groups in total. The van der Waals surface area contributed by atoms with Gasteiger partial charge in [-0.25, -0.2) is 9.97 Å². The van der Waals surface area contributed by atoms with E-state index < -0.39 is 0 Å². The number of nitrogens with zero attached hydrogens (tertiary/aromatic N) is 3. The largest absolute Gasteiger partial charge is 0.341 e. The summed E-state index contributed by atoms with van der Waals surface area (Å²) in [5.41, 5.74) is 1.13. The zero-order chi connectivity index (χ0) is 13.1. The van der Waals surface area contributed by atoms with E-state index in [1.54, 1.807) is 0 Å². The van der Waals surface area contributed by atoms with Gasteiger partial charge in [-0.3, -0.25) is 0 Å². The van der Waals surface area contributed by atoms with Crippen molar-refractivity contribution in [3.8, 4) is 0 Å². The van der Waals surface area contributed by atoms with Gasteiger partial charge in [0.2, 0.25) is 5.95 Å². The first kappa shape index (κ1) is 12.9. The Hall–Kier alpha value is -1.16. The average molecular weight is 260 g/mol. The van der Waals surface area contributed by atoms with Gasteiger partial charge in [0.05, 0.1) is 0 Å². The van der Waals surface area contributed by atoms with E-state index >= 15 is 0 Å². The van der Waals surface area contributed by atoms with E-state index in [2.05, 4.69) is 20.2 Å². The third-order valence-electron chi connectivity index (χ3n) is 4.64. The molecule has 0 spiro atoms. The molecule has 1 aromatic rings. The fraction of sp³-hybridized carbons (Fsp3) is 0.733. The van der Waals surface area contributed by atoms with Gasteiger partial charge in [-0.05, 0) is 63.1 Å². The highest BCUT2D eigenvalue weighted by molar-refractivity contribution is 5.30. The second kappa shape index (κ2) is 5.87. The molecule has 0 bridgehead atoms. The molecule has 0 radical (unpaired) electrons. The maximum atomic E-state index is 4.44. The topological polar surface area (TPSA) is 41.1 Å². The van der Waals surface area contributed by atoms with Crippen molar-refractivity contribution in [3.05, 3.63) is 18.0 Å². The van der Waals surface area contributed by atoms with Crippen LogP contribution in [-0.4, -0.2) is 36.1 Å². The van der Waals surface area contributed by atoms with Crippen LogP contribution in [0.5, 0.6) is 0 Å². The van der Waals surface area contributed by atoms with E-state index in [9.17, 15) is 0 Å². The van der Waals surface area contributed by atoms with E-state index in [1.165, 1.54) is 38.8 Å². The quantitative estimate of drug-likeness (QED) is 0.883. The van der Waals surface area contributed by atoms with Crippen molar-refractivity contribution in [2.45, 2.75) is 32.6 Å². The zero-order valence-electron chi connectivity index (χ0n) is 11.8. The number of nitrogens with one attached hydrogen (secondary N) is 1. The normalized spacial score (nSPS) is 22.7. The summed E-state index contributed by atoms with van der Waals surface area (Å²) < 4.78 is 0. The Morgan fingerprint density at radius 2 is 1.58 bits per heavy atom. The van der Waals surface area contributed by atoms with E-state index in [-0.39, 0.29) is 0 Å². The first-order valence-electron chi connectivity index (χ1n) is 7.57. The second-order valence-corrected chi connectivity index (χ2v) is 5.97. The number of piperidine rings is 2. The molecule has 0 amide bonds. The molecule has 0 aromatic carbocycles. The van der Waals surface area contributed by atoms with Crippen LogP contribution in [0.2, 0.25) is 0 Å². The number of aryl methyl sites for hydroxylation is 1. The van der Waals surface area contributed by atoms with E-state index in [4.69, 9.17) is 0 Å². The standard InChI is InChI=1S/C15H24N4/c1-12-10-17-15(18-11-12)19-8-4-14(5-9-19)13-2-6-16-7-3-13/h10-11,13-14,16H,2-9H2,1H3. The number of hydrogen-bond donors (Lipinski definition) is 1. The van der Waals surface area contributed by atoms with Gasteiger partial charge >= 0.3 is 0 Å². The van der Waals surface area contributed by atoms with Crippen LogP contribution in [0.3, 0.4) is 0 Å². The maximum Gasteiger partial charge on any atom is 0.225 e. The number of aromatic nitrogens is 2. The van der Waals surface area contributed by atoms with Crippen LogP contribution >= 0.6 is 0 Å². The van der Waals surface area contributed by atoms with Gasteiger partial charge in [-0.2, -0.15) is 0 Å². The lowest BCUT2D eigenvalue weighted by Gasteiger charge is -2.37. The summed E-state index contributed by atoms with van der Waals surface area (Å²) in [6, 6.07) is 0. The second-order valence-electron chi connectivity index (χ2n) is 5.97. The Kier molecular flexibility index (Phi) is 3.97. The lowest BCUT2D eigenvalue weighted by Crippen LogP contribution is -2.40. The van der Waals surface area contributed by atoms with Crippen LogP contribution in [0.4, 0.5) is 5.95 Å². The van der Waals surface area contributed by atoms with Crippen LogP contribution in [-0.2, 0) is 0 Å². The lowest BCUT2D eigenvalue weighted by atomic mass is 9.79. The van der Waals surface area contributed by atoms with Crippen LogP contribution in [0.15, 0.2) is 12.4 Å². The molecule has 4 heteroatoms. The molecular weight excluding hydrogens is 236 g/mol. The molecule has 0 saturated carbocycles. The molecule has 2 fully saturated rings. The summed E-state index contributed by atoms with van der Waals surface area (Å²) in [4.78, 5) is 11.2. The Morgan fingerprint density at radius 1 is 1.00 bits per heavy atom. The molecule has 2 saturated heterocycles. The van der Waals surface area contributed by atoms with E-state index in [0.29, 0.717) is 0 Å². The highest BCUT2D eigenvalue weighted by atomic mass is 15.2. The Morgan fingerprint density at radius 3 is 2.21 bits per heavy atom. The fourth-order valence-corrected chi connectivity index (χ4v) is 3.44. The summed E-state index contributed by atoms with van der Waals surface area (Å²) in [7, 11) is 0. The Balaban J connectivity index is 1.55. The van der Waals surface area contributed by atoms with Crippen LogP contribution in [0.25, 0.3) is 0 Å². The molecule has 0 unspecified atom stereocenters. The van der Waals surface area contributed by atoms with Crippen LogP contribution in [0.1, 0.15) is 31.2 Å². The van der Waals surface area contributed by atoms with Crippen LogP contribution < -0.4 is 10.2 Å². The number of hydrogen-bond acceptors (Lipinski definition) is 4. The Labute approximate surface area is 115 Å². The summed E-state index contributed by atoms with van der Waals surface area (Å²) in [6.07, 6.45) is 9.18. The van der Waals surface area contributed by atoms with Gasteiger partial charge in [-0.1, -0.05) is 0 Å². The van der Waals surface area contributed by atoms with Gasteiger partial charge < -0.3 is 10.2 Å². The molecular formula is C15H24N4. The van der Waals surface area contributed by atoms with Gasteiger partial charge in [0.25, 0.3) is 0 Å². The van der Waals surface area contributed by atoms with Crippen molar-refractivity contribution < 1.29 is 0 Å². The zero-order valence-corrected chi connectivity index (χ0v) is 11.8. The van der Waals surface area contributed by atoms with Crippen molar-refractivity contribution in [1.82, 2.24) is 15.3 Å². The molecule has 19 heavy (non-hydrogen) atoms. The molecule has 4 nitrogen and oxygen atoms in total. The van der Waals surface area contributed by atoms with Gasteiger partial charge in [0, 0.05) is 25.5 Å². The summed E-state index contributed by atoms with van der Waals surface area (Å²) >= 11 is 0. The molecule has 1 aromatic heterocycles. The van der Waals surface area contributed by atoms with E-state index in [0.717, 1.165) is 36.4 Å². The minimum atomic E-state index is 0.911. The third-order valence-corrected chi connectivity index (χ3v) is 4.64. The summed E-state index contributed by atoms with van der Waals surface area (Å²) in [5.74, 6) is 2.78. The average Bonchev–Trinajstić information content (AvgIpc) is 2.49. The molecule has 104 valence electrons. The van der Waals surface area contributed by atoms with Crippen molar-refractivity contribution >= 4 is 5.95 Å². The number of anilines is 1. The minimum absolute atomic E-state index is 0.911. The summed E-state index contributed by atoms with van der Waals surface area (Å²) in [6.45, 7) is 6.71. The highest BCUT2D eigenvalue weighted by Crippen LogP contribution is 2.31. The molecule has 0 atom stereocenters. The monoisotopic (exact) mass is 260 g/mol. The SMILES string of the molecule is Cc1cnc(N2CCC(C3CCNCC3)CC2)nc1. The predicted octanol–water partition coefficient (Wildman–Crippen LogP) is 2.00. The molecule has 0 aliphatic carbocycles. The van der Waals surface area contributed by atoms with Gasteiger partial charge in [-0.15, -0.1) is 0 Å². The smallest absolute Gasteiger partial charge is 0.225 e. The van der Waals surface area contributed by atoms with Gasteiger partial charge in [0.15, 0.2) is 0 Å². The molecule has 3 heterocycles. The first-order chi connectivity index (χ1) is 9.33. The number of rotatable bonds is 2. The van der Waals surface area contributed by atoms with Crippen molar-refractivity contribution in [1.29, 1.82) is 0 Å². The van der Waals surface area contributed by atoms with Crippen molar-refractivity contribution in [3.63, 3.8) is 0 Å². The first-order valence-corrected chi connectivity index (χ1v) is 7.57. The maximum absolute atomic E-state index is 4.44. The lowest BCUT2D eigenvalue weighted by molar-refractivity contribution is 0.221. The highest BCUT2D eigenvalue weighted by Gasteiger charge is 2.28. The van der Waals surface area contributed by atoms with Crippen LogP contribution in [0, 0.1) is 18.8 Å². The minimum Gasteiger partial charge on any atom is -0.341 e. The molecule has 2 aliphatic heterocycles. The Bertz CT molecular complexity index is 389.